The van der Waals surface area contributed by atoms with Crippen LogP contribution in [0.25, 0.3) is 0 Å². The lowest BCUT2D eigenvalue weighted by Gasteiger charge is -2.18. The van der Waals surface area contributed by atoms with E-state index in [2.05, 4.69) is 5.16 Å². The van der Waals surface area contributed by atoms with E-state index in [1.165, 1.54) is 11.3 Å². The molecule has 0 aliphatic carbocycles. The van der Waals surface area contributed by atoms with Crippen molar-refractivity contribution in [2.75, 3.05) is 14.1 Å². The Morgan fingerprint density at radius 2 is 2.13 bits per heavy atom. The molecule has 3 rings (SSSR count). The molecule has 1 aliphatic heterocycles. The molecule has 2 heterocycles. The molecule has 1 aromatic carbocycles. The fourth-order valence-corrected chi connectivity index (χ4v) is 4.15. The summed E-state index contributed by atoms with van der Waals surface area (Å²) in [6.45, 7) is 3.93. The molecular weight excluding hydrogens is 422 g/mol. The molecule has 2 aromatic rings. The van der Waals surface area contributed by atoms with Crippen LogP contribution in [0.15, 0.2) is 35.5 Å². The van der Waals surface area contributed by atoms with E-state index in [1.807, 2.05) is 46.1 Å². The summed E-state index contributed by atoms with van der Waals surface area (Å²) in [4.78, 5) is 20.3. The van der Waals surface area contributed by atoms with Gasteiger partial charge in [-0.3, -0.25) is 10.2 Å². The van der Waals surface area contributed by atoms with E-state index in [-0.39, 0.29) is 18.0 Å². The summed E-state index contributed by atoms with van der Waals surface area (Å²) >= 11 is 7.21. The molecule has 1 unspecified atom stereocenters. The lowest BCUT2D eigenvalue weighted by molar-refractivity contribution is 0.0720. The Bertz CT molecular complexity index is 968. The molecule has 0 bridgehead atoms. The highest BCUT2D eigenvalue weighted by molar-refractivity contribution is 7.18. The van der Waals surface area contributed by atoms with Gasteiger partial charge in [0.2, 0.25) is 0 Å². The number of rotatable bonds is 8. The van der Waals surface area contributed by atoms with Gasteiger partial charge in [0.25, 0.3) is 0 Å². The standard InChI is InChI=1S/C22H26ClN3O3S/c1-13(2)28-19-11-14(22(24)26(3)4)5-7-16(19)17-12-15(29-25-17)6-8-18(27)20-9-10-21(23)30-20/h5,7,9-11,13,15,24H,6,8,12H2,1-4H3. The number of ether oxygens (including phenoxy) is 1. The van der Waals surface area contributed by atoms with Gasteiger partial charge in [-0.2, -0.15) is 0 Å². The van der Waals surface area contributed by atoms with Crippen LogP contribution in [0.2, 0.25) is 4.34 Å². The van der Waals surface area contributed by atoms with E-state index in [0.717, 1.165) is 16.8 Å². The van der Waals surface area contributed by atoms with Gasteiger partial charge >= 0.3 is 0 Å². The number of carbonyl (C=O) groups excluding carboxylic acids is 1. The van der Waals surface area contributed by atoms with Crippen LogP contribution >= 0.6 is 22.9 Å². The molecule has 160 valence electrons. The van der Waals surface area contributed by atoms with Crippen LogP contribution in [-0.2, 0) is 4.84 Å². The summed E-state index contributed by atoms with van der Waals surface area (Å²) < 4.78 is 6.62. The Hall–Kier alpha value is -2.38. The third-order valence-corrected chi connectivity index (χ3v) is 5.92. The van der Waals surface area contributed by atoms with Crippen LogP contribution < -0.4 is 4.74 Å². The summed E-state index contributed by atoms with van der Waals surface area (Å²) in [5.74, 6) is 1.16. The van der Waals surface area contributed by atoms with Crippen molar-refractivity contribution in [3.05, 3.63) is 50.7 Å². The minimum Gasteiger partial charge on any atom is -0.490 e. The summed E-state index contributed by atoms with van der Waals surface area (Å²) in [5, 5.41) is 12.5. The number of oxime groups is 1. The molecule has 1 aromatic heterocycles. The molecular formula is C22H26ClN3O3S. The average molecular weight is 448 g/mol. The smallest absolute Gasteiger partial charge is 0.172 e. The zero-order valence-electron chi connectivity index (χ0n) is 17.6. The Kier molecular flexibility index (Phi) is 7.15. The first kappa shape index (κ1) is 22.3. The summed E-state index contributed by atoms with van der Waals surface area (Å²) in [6.07, 6.45) is 1.42. The van der Waals surface area contributed by atoms with E-state index < -0.39 is 0 Å². The number of hydrogen-bond acceptors (Lipinski definition) is 6. The van der Waals surface area contributed by atoms with E-state index in [1.54, 1.807) is 17.0 Å². The predicted octanol–water partition coefficient (Wildman–Crippen LogP) is 5.23. The number of carbonyl (C=O) groups is 1. The first-order chi connectivity index (χ1) is 14.2. The third kappa shape index (κ3) is 5.40. The lowest BCUT2D eigenvalue weighted by atomic mass is 9.99. The lowest BCUT2D eigenvalue weighted by Crippen LogP contribution is -2.22. The van der Waals surface area contributed by atoms with Crippen LogP contribution in [0, 0.1) is 5.41 Å². The highest BCUT2D eigenvalue weighted by atomic mass is 35.5. The zero-order valence-corrected chi connectivity index (χ0v) is 19.1. The second-order valence-electron chi connectivity index (χ2n) is 7.66. The van der Waals surface area contributed by atoms with Crippen LogP contribution in [0.5, 0.6) is 5.75 Å². The van der Waals surface area contributed by atoms with Crippen LogP contribution in [-0.4, -0.2) is 48.5 Å². The number of nitrogens with one attached hydrogen (secondary N) is 1. The number of thiophene rings is 1. The molecule has 0 saturated carbocycles. The molecule has 0 amide bonds. The molecule has 6 nitrogen and oxygen atoms in total. The molecule has 0 spiro atoms. The number of halogens is 1. The van der Waals surface area contributed by atoms with Gasteiger partial charge in [-0.15, -0.1) is 11.3 Å². The van der Waals surface area contributed by atoms with Crippen molar-refractivity contribution < 1.29 is 14.4 Å². The highest BCUT2D eigenvalue weighted by Gasteiger charge is 2.26. The van der Waals surface area contributed by atoms with Crippen LogP contribution in [0.4, 0.5) is 0 Å². The first-order valence-corrected chi connectivity index (χ1v) is 11.0. The largest absolute Gasteiger partial charge is 0.490 e. The minimum absolute atomic E-state index is 0.0125. The molecule has 1 aliphatic rings. The number of nitrogens with zero attached hydrogens (tertiary/aromatic N) is 2. The van der Waals surface area contributed by atoms with Gasteiger partial charge in [0.05, 0.1) is 21.0 Å². The normalized spacial score (nSPS) is 15.7. The van der Waals surface area contributed by atoms with Gasteiger partial charge in [-0.05, 0) is 44.5 Å². The topological polar surface area (TPSA) is 75.0 Å². The van der Waals surface area contributed by atoms with Gasteiger partial charge in [-0.1, -0.05) is 22.8 Å². The van der Waals surface area contributed by atoms with Crippen LogP contribution in [0.3, 0.4) is 0 Å². The Labute approximate surface area is 185 Å². The van der Waals surface area contributed by atoms with Crippen molar-refractivity contribution in [3.63, 3.8) is 0 Å². The first-order valence-electron chi connectivity index (χ1n) is 9.83. The maximum absolute atomic E-state index is 12.3. The van der Waals surface area contributed by atoms with Crippen molar-refractivity contribution in [1.82, 2.24) is 4.90 Å². The Balaban J connectivity index is 1.68. The van der Waals surface area contributed by atoms with Crippen molar-refractivity contribution in [2.24, 2.45) is 5.16 Å². The third-order valence-electron chi connectivity index (χ3n) is 4.65. The van der Waals surface area contributed by atoms with Crippen molar-refractivity contribution in [1.29, 1.82) is 5.41 Å². The molecule has 1 atom stereocenters. The van der Waals surface area contributed by atoms with Gasteiger partial charge in [0.1, 0.15) is 17.7 Å². The van der Waals surface area contributed by atoms with Crippen molar-refractivity contribution >= 4 is 40.3 Å². The summed E-state index contributed by atoms with van der Waals surface area (Å²) in [5.41, 5.74) is 2.43. The zero-order chi connectivity index (χ0) is 21.8. The van der Waals surface area contributed by atoms with E-state index in [9.17, 15) is 4.79 Å². The second kappa shape index (κ2) is 9.62. The SMILES string of the molecule is CC(C)Oc1cc(C(=N)N(C)C)ccc1C1=NOC(CCC(=O)c2ccc(Cl)s2)C1. The highest BCUT2D eigenvalue weighted by Crippen LogP contribution is 2.29. The van der Waals surface area contributed by atoms with E-state index in [0.29, 0.717) is 40.1 Å². The van der Waals surface area contributed by atoms with Crippen molar-refractivity contribution in [2.45, 2.75) is 45.3 Å². The summed E-state index contributed by atoms with van der Waals surface area (Å²) in [6, 6.07) is 9.19. The predicted molar refractivity (Wildman–Crippen MR) is 122 cm³/mol. The maximum Gasteiger partial charge on any atom is 0.172 e. The maximum atomic E-state index is 12.3. The molecule has 1 N–H and O–H groups in total. The minimum atomic E-state index is -0.147. The quantitative estimate of drug-likeness (QED) is 0.341. The molecule has 0 saturated heterocycles. The molecule has 8 heteroatoms. The second-order valence-corrected chi connectivity index (χ2v) is 9.37. The molecule has 0 radical (unpaired) electrons. The van der Waals surface area contributed by atoms with Crippen molar-refractivity contribution in [3.8, 4) is 5.75 Å². The monoisotopic (exact) mass is 447 g/mol. The van der Waals surface area contributed by atoms with Gasteiger partial charge in [0, 0.05) is 38.1 Å². The Morgan fingerprint density at radius 3 is 2.77 bits per heavy atom. The number of benzene rings is 1. The number of ketones is 1. The molecule has 30 heavy (non-hydrogen) atoms. The van der Waals surface area contributed by atoms with E-state index >= 15 is 0 Å². The number of hydrogen-bond donors (Lipinski definition) is 1. The van der Waals surface area contributed by atoms with Gasteiger partial charge in [0.15, 0.2) is 5.78 Å². The van der Waals surface area contributed by atoms with Crippen LogP contribution in [0.1, 0.15) is 53.9 Å². The van der Waals surface area contributed by atoms with Gasteiger partial charge in [-0.25, -0.2) is 0 Å². The van der Waals surface area contributed by atoms with E-state index in [4.69, 9.17) is 26.6 Å². The fourth-order valence-electron chi connectivity index (χ4n) is 3.14. The number of amidine groups is 1. The number of Topliss-reactive ketones (excluding diaryl/α,β-unsaturated/α-hetero) is 1. The Morgan fingerprint density at radius 1 is 1.37 bits per heavy atom. The summed E-state index contributed by atoms with van der Waals surface area (Å²) in [7, 11) is 3.67. The molecule has 0 fully saturated rings. The fraction of sp³-hybridized carbons (Fsp3) is 0.409. The average Bonchev–Trinajstić information content (AvgIpc) is 3.34. The van der Waals surface area contributed by atoms with Gasteiger partial charge < -0.3 is 14.5 Å².